The third-order valence-electron chi connectivity index (χ3n) is 4.19. The van der Waals surface area contributed by atoms with Crippen molar-refractivity contribution in [1.29, 1.82) is 0 Å². The Kier molecular flexibility index (Phi) is 2.92. The third-order valence-corrected chi connectivity index (χ3v) is 4.19. The second-order valence-corrected chi connectivity index (χ2v) is 4.91. The first-order chi connectivity index (χ1) is 9.25. The highest BCUT2D eigenvalue weighted by Gasteiger charge is 2.47. The van der Waals surface area contributed by atoms with Gasteiger partial charge in [0.2, 0.25) is 0 Å². The highest BCUT2D eigenvalue weighted by molar-refractivity contribution is 5.80. The van der Waals surface area contributed by atoms with Crippen LogP contribution in [0.5, 0.6) is 0 Å². The van der Waals surface area contributed by atoms with Crippen LogP contribution in [0.2, 0.25) is 0 Å². The molecule has 3 rings (SSSR count). The number of rotatable bonds is 3. The van der Waals surface area contributed by atoms with Crippen molar-refractivity contribution in [1.82, 2.24) is 0 Å². The smallest absolute Gasteiger partial charge is 0.145 e. The van der Waals surface area contributed by atoms with E-state index in [0.29, 0.717) is 0 Å². The van der Waals surface area contributed by atoms with Gasteiger partial charge in [-0.25, -0.2) is 0 Å². The summed E-state index contributed by atoms with van der Waals surface area (Å²) >= 11 is 0. The van der Waals surface area contributed by atoms with Gasteiger partial charge in [0.15, 0.2) is 0 Å². The molecule has 1 atom stereocenters. The highest BCUT2D eigenvalue weighted by atomic mass is 16.5. The number of ether oxygens (including phenoxy) is 2. The van der Waals surface area contributed by atoms with Crippen molar-refractivity contribution < 1.29 is 9.47 Å². The average molecular weight is 254 g/mol. The van der Waals surface area contributed by atoms with E-state index in [-0.39, 0.29) is 6.10 Å². The van der Waals surface area contributed by atoms with E-state index in [1.165, 1.54) is 22.3 Å². The summed E-state index contributed by atoms with van der Waals surface area (Å²) in [5.41, 5.74) is 4.34. The van der Waals surface area contributed by atoms with Crippen LogP contribution >= 0.6 is 0 Å². The van der Waals surface area contributed by atoms with E-state index in [4.69, 9.17) is 9.47 Å². The molecule has 0 fully saturated rings. The van der Waals surface area contributed by atoms with Crippen molar-refractivity contribution in [3.63, 3.8) is 0 Å². The Labute approximate surface area is 114 Å². The van der Waals surface area contributed by atoms with Crippen molar-refractivity contribution >= 4 is 0 Å². The topological polar surface area (TPSA) is 18.5 Å². The predicted octanol–water partition coefficient (Wildman–Crippen LogP) is 3.59. The van der Waals surface area contributed by atoms with Gasteiger partial charge in [-0.3, -0.25) is 0 Å². The fourth-order valence-corrected chi connectivity index (χ4v) is 3.22. The van der Waals surface area contributed by atoms with Gasteiger partial charge in [-0.1, -0.05) is 48.5 Å². The maximum absolute atomic E-state index is 5.98. The van der Waals surface area contributed by atoms with Crippen LogP contribution in [0, 0.1) is 0 Å². The molecule has 2 aromatic rings. The van der Waals surface area contributed by atoms with Gasteiger partial charge in [0.25, 0.3) is 0 Å². The number of methoxy groups -OCH3 is 2. The zero-order valence-electron chi connectivity index (χ0n) is 11.5. The van der Waals surface area contributed by atoms with Crippen LogP contribution in [0.15, 0.2) is 48.5 Å². The minimum atomic E-state index is -0.512. The Morgan fingerprint density at radius 2 is 1.32 bits per heavy atom. The highest BCUT2D eigenvalue weighted by Crippen LogP contribution is 2.51. The summed E-state index contributed by atoms with van der Waals surface area (Å²) in [6.07, 6.45) is -0.0534. The van der Waals surface area contributed by atoms with Crippen molar-refractivity contribution in [3.8, 4) is 11.1 Å². The molecule has 0 radical (unpaired) electrons. The maximum atomic E-state index is 5.98. The summed E-state index contributed by atoms with van der Waals surface area (Å²) in [6.45, 7) is 2.06. The van der Waals surface area contributed by atoms with Crippen molar-refractivity contribution in [3.05, 3.63) is 59.7 Å². The van der Waals surface area contributed by atoms with Gasteiger partial charge in [-0.15, -0.1) is 0 Å². The van der Waals surface area contributed by atoms with E-state index in [1.807, 2.05) is 0 Å². The van der Waals surface area contributed by atoms with Gasteiger partial charge in [-0.2, -0.15) is 0 Å². The molecule has 1 aliphatic carbocycles. The van der Waals surface area contributed by atoms with E-state index in [0.717, 1.165) is 0 Å². The molecular formula is C17H18O2. The Balaban J connectivity index is 2.36. The Morgan fingerprint density at radius 3 is 1.74 bits per heavy atom. The minimum Gasteiger partial charge on any atom is -0.378 e. The second kappa shape index (κ2) is 4.48. The zero-order valence-corrected chi connectivity index (χ0v) is 11.5. The number of hydrogen-bond donors (Lipinski definition) is 0. The molecule has 0 saturated carbocycles. The van der Waals surface area contributed by atoms with Gasteiger partial charge >= 0.3 is 0 Å². The minimum absolute atomic E-state index is 0.0534. The summed E-state index contributed by atoms with van der Waals surface area (Å²) in [5.74, 6) is 0. The maximum Gasteiger partial charge on any atom is 0.145 e. The van der Waals surface area contributed by atoms with E-state index in [2.05, 4.69) is 55.5 Å². The quantitative estimate of drug-likeness (QED) is 0.833. The van der Waals surface area contributed by atoms with Gasteiger partial charge < -0.3 is 9.47 Å². The van der Waals surface area contributed by atoms with E-state index in [1.54, 1.807) is 14.2 Å². The average Bonchev–Trinajstić information content (AvgIpc) is 2.78. The van der Waals surface area contributed by atoms with Crippen molar-refractivity contribution in [2.24, 2.45) is 0 Å². The van der Waals surface area contributed by atoms with Crippen LogP contribution in [0.25, 0.3) is 11.1 Å². The molecule has 0 amide bonds. The first kappa shape index (κ1) is 12.4. The molecule has 0 aromatic heterocycles. The van der Waals surface area contributed by atoms with Gasteiger partial charge in [0, 0.05) is 14.2 Å². The molecular weight excluding hydrogens is 236 g/mol. The van der Waals surface area contributed by atoms with Crippen molar-refractivity contribution in [2.75, 3.05) is 14.2 Å². The monoisotopic (exact) mass is 254 g/mol. The Bertz CT molecular complexity index is 558. The molecule has 0 aliphatic heterocycles. The fourth-order valence-electron chi connectivity index (χ4n) is 3.22. The lowest BCUT2D eigenvalue weighted by molar-refractivity contribution is -0.0854. The van der Waals surface area contributed by atoms with Crippen LogP contribution < -0.4 is 0 Å². The lowest BCUT2D eigenvalue weighted by Gasteiger charge is -2.35. The van der Waals surface area contributed by atoms with Crippen LogP contribution in [0.4, 0.5) is 0 Å². The first-order valence-corrected chi connectivity index (χ1v) is 6.53. The molecule has 19 heavy (non-hydrogen) atoms. The van der Waals surface area contributed by atoms with Crippen LogP contribution in [-0.2, 0) is 15.1 Å². The predicted molar refractivity (Wildman–Crippen MR) is 76.1 cm³/mol. The normalized spacial score (nSPS) is 16.8. The Hall–Kier alpha value is -1.64. The second-order valence-electron chi connectivity index (χ2n) is 4.91. The molecule has 98 valence electrons. The van der Waals surface area contributed by atoms with E-state index < -0.39 is 5.60 Å². The summed E-state index contributed by atoms with van der Waals surface area (Å²) in [7, 11) is 3.49. The SMILES string of the molecule is COC(C)C1(OC)c2ccccc2-c2ccccc21. The molecule has 0 heterocycles. The number of benzene rings is 2. The first-order valence-electron chi connectivity index (χ1n) is 6.53. The fraction of sp³-hybridized carbons (Fsp3) is 0.294. The molecule has 0 spiro atoms. The number of hydrogen-bond acceptors (Lipinski definition) is 2. The van der Waals surface area contributed by atoms with Gasteiger partial charge in [-0.05, 0) is 29.2 Å². The molecule has 2 heteroatoms. The summed E-state index contributed by atoms with van der Waals surface area (Å²) in [6, 6.07) is 16.8. The molecule has 0 bridgehead atoms. The lowest BCUT2D eigenvalue weighted by Crippen LogP contribution is -2.40. The van der Waals surface area contributed by atoms with Gasteiger partial charge in [0.05, 0.1) is 6.10 Å². The van der Waals surface area contributed by atoms with Crippen molar-refractivity contribution in [2.45, 2.75) is 18.6 Å². The molecule has 1 unspecified atom stereocenters. The molecule has 0 saturated heterocycles. The van der Waals surface area contributed by atoms with Crippen LogP contribution in [0.3, 0.4) is 0 Å². The van der Waals surface area contributed by atoms with E-state index >= 15 is 0 Å². The molecule has 0 N–H and O–H groups in total. The zero-order chi connectivity index (χ0) is 13.5. The number of fused-ring (bicyclic) bond motifs is 3. The van der Waals surface area contributed by atoms with E-state index in [9.17, 15) is 0 Å². The molecule has 2 nitrogen and oxygen atoms in total. The summed E-state index contributed by atoms with van der Waals surface area (Å²) in [4.78, 5) is 0. The summed E-state index contributed by atoms with van der Waals surface area (Å²) in [5, 5.41) is 0. The van der Waals surface area contributed by atoms with Gasteiger partial charge in [0.1, 0.15) is 5.60 Å². The van der Waals surface area contributed by atoms with Crippen LogP contribution in [-0.4, -0.2) is 20.3 Å². The molecule has 2 aromatic carbocycles. The largest absolute Gasteiger partial charge is 0.378 e. The molecule has 1 aliphatic rings. The third kappa shape index (κ3) is 1.50. The Morgan fingerprint density at radius 1 is 0.842 bits per heavy atom. The standard InChI is InChI=1S/C17H18O2/c1-12(18-2)17(19-3)15-10-6-4-8-13(15)14-9-5-7-11-16(14)17/h4-12H,1-3H3. The lowest BCUT2D eigenvalue weighted by atomic mass is 9.86. The summed E-state index contributed by atoms with van der Waals surface area (Å²) < 4.78 is 11.6. The van der Waals surface area contributed by atoms with Crippen LogP contribution in [0.1, 0.15) is 18.1 Å².